The number of benzene rings is 1. The Hall–Kier alpha value is -0.340. The van der Waals surface area contributed by atoms with E-state index in [1.807, 2.05) is 12.1 Å². The van der Waals surface area contributed by atoms with Crippen LogP contribution in [0, 0.1) is 0 Å². The summed E-state index contributed by atoms with van der Waals surface area (Å²) in [7, 11) is 0. The molecule has 0 aliphatic carbocycles. The summed E-state index contributed by atoms with van der Waals surface area (Å²) >= 11 is 3.42. The van der Waals surface area contributed by atoms with E-state index in [4.69, 9.17) is 0 Å². The van der Waals surface area contributed by atoms with Crippen LogP contribution in [0.15, 0.2) is 28.7 Å². The van der Waals surface area contributed by atoms with Crippen molar-refractivity contribution >= 4 is 15.9 Å². The highest BCUT2D eigenvalue weighted by Crippen LogP contribution is 2.23. The lowest BCUT2D eigenvalue weighted by Gasteiger charge is -2.14. The Labute approximate surface area is 101 Å². The summed E-state index contributed by atoms with van der Waals surface area (Å²) in [5, 5.41) is 9.34. The van der Waals surface area contributed by atoms with Crippen molar-refractivity contribution in [3.63, 3.8) is 0 Å². The molecule has 0 heterocycles. The fourth-order valence-corrected chi connectivity index (χ4v) is 2.00. The monoisotopic (exact) mass is 270 g/mol. The summed E-state index contributed by atoms with van der Waals surface area (Å²) in [6, 6.07) is 8.27. The van der Waals surface area contributed by atoms with Gasteiger partial charge in [-0.3, -0.25) is 0 Å². The molecule has 1 nitrogen and oxygen atoms in total. The van der Waals surface area contributed by atoms with Crippen molar-refractivity contribution in [3.8, 4) is 0 Å². The van der Waals surface area contributed by atoms with Crippen molar-refractivity contribution < 1.29 is 5.11 Å². The summed E-state index contributed by atoms with van der Waals surface area (Å²) in [5.74, 6) is 0.310. The van der Waals surface area contributed by atoms with Gasteiger partial charge in [-0.05, 0) is 24.1 Å². The molecule has 0 saturated heterocycles. The predicted molar refractivity (Wildman–Crippen MR) is 68.1 cm³/mol. The van der Waals surface area contributed by atoms with E-state index < -0.39 is 0 Å². The number of halogens is 1. The van der Waals surface area contributed by atoms with Gasteiger partial charge in [-0.15, -0.1) is 0 Å². The van der Waals surface area contributed by atoms with Gasteiger partial charge in [0.1, 0.15) is 0 Å². The van der Waals surface area contributed by atoms with Crippen molar-refractivity contribution in [1.82, 2.24) is 0 Å². The van der Waals surface area contributed by atoms with E-state index in [1.54, 1.807) is 0 Å². The lowest BCUT2D eigenvalue weighted by Crippen LogP contribution is -2.03. The molecule has 0 saturated carbocycles. The molecule has 1 N–H and O–H groups in total. The minimum Gasteiger partial charge on any atom is -0.396 e. The number of aliphatic hydroxyl groups excluding tert-OH is 1. The van der Waals surface area contributed by atoms with E-state index in [2.05, 4.69) is 35.0 Å². The van der Waals surface area contributed by atoms with Gasteiger partial charge in [-0.25, -0.2) is 0 Å². The van der Waals surface area contributed by atoms with Crippen molar-refractivity contribution in [2.24, 2.45) is 0 Å². The van der Waals surface area contributed by atoms with E-state index in [9.17, 15) is 5.11 Å². The van der Waals surface area contributed by atoms with Crippen LogP contribution >= 0.6 is 15.9 Å². The molecule has 0 aromatic heterocycles. The molecular weight excluding hydrogens is 252 g/mol. The van der Waals surface area contributed by atoms with Crippen molar-refractivity contribution in [1.29, 1.82) is 0 Å². The highest BCUT2D eigenvalue weighted by molar-refractivity contribution is 9.10. The maximum absolute atomic E-state index is 9.34. The molecule has 0 amide bonds. The minimum atomic E-state index is 0.255. The molecule has 15 heavy (non-hydrogen) atoms. The number of unbranched alkanes of at least 4 members (excludes halogenated alkanes) is 2. The van der Waals surface area contributed by atoms with Crippen LogP contribution in [0.3, 0.4) is 0 Å². The zero-order valence-corrected chi connectivity index (χ0v) is 10.8. The summed E-state index contributed by atoms with van der Waals surface area (Å²) in [6.07, 6.45) is 4.79. The largest absolute Gasteiger partial charge is 0.396 e. The molecule has 1 aromatic rings. The van der Waals surface area contributed by atoms with Crippen LogP contribution in [0.2, 0.25) is 0 Å². The Balaban J connectivity index is 2.53. The number of aliphatic hydroxyl groups is 1. The summed E-state index contributed by atoms with van der Waals surface area (Å²) < 4.78 is 1.09. The molecule has 0 radical (unpaired) electrons. The summed E-state index contributed by atoms with van der Waals surface area (Å²) in [5.41, 5.74) is 1.25. The van der Waals surface area contributed by atoms with Crippen LogP contribution < -0.4 is 0 Å². The Bertz CT molecular complexity index is 268. The second-order valence-electron chi connectivity index (χ2n) is 3.93. The predicted octanol–water partition coefficient (Wildman–Crippen LogP) is 4.11. The average Bonchev–Trinajstić information content (AvgIpc) is 2.26. The van der Waals surface area contributed by atoms with Crippen molar-refractivity contribution in [2.45, 2.75) is 38.5 Å². The summed E-state index contributed by atoms with van der Waals surface area (Å²) in [4.78, 5) is 0. The quantitative estimate of drug-likeness (QED) is 0.772. The third-order valence-electron chi connectivity index (χ3n) is 2.72. The fraction of sp³-hybridized carbons (Fsp3) is 0.538. The first-order valence-electron chi connectivity index (χ1n) is 5.64. The summed E-state index contributed by atoms with van der Waals surface area (Å²) in [6.45, 7) is 2.46. The number of hydrogen-bond acceptors (Lipinski definition) is 1. The van der Waals surface area contributed by atoms with E-state index in [0.717, 1.165) is 10.9 Å². The van der Waals surface area contributed by atoms with Gasteiger partial charge in [-0.1, -0.05) is 54.2 Å². The van der Waals surface area contributed by atoms with Crippen LogP contribution in [0.5, 0.6) is 0 Å². The smallest absolute Gasteiger partial charge is 0.0499 e. The molecule has 1 unspecified atom stereocenters. The lowest BCUT2D eigenvalue weighted by molar-refractivity contribution is 0.256. The molecular formula is C13H19BrO. The first kappa shape index (κ1) is 12.7. The Kier molecular flexibility index (Phi) is 5.96. The molecule has 1 atom stereocenters. The molecule has 2 heteroatoms. The Morgan fingerprint density at radius 3 is 2.40 bits per heavy atom. The van der Waals surface area contributed by atoms with Crippen LogP contribution in [0.1, 0.15) is 44.1 Å². The van der Waals surface area contributed by atoms with E-state index in [0.29, 0.717) is 5.92 Å². The molecule has 0 aliphatic heterocycles. The Morgan fingerprint density at radius 2 is 1.87 bits per heavy atom. The second kappa shape index (κ2) is 7.02. The van der Waals surface area contributed by atoms with E-state index in [1.165, 1.54) is 24.8 Å². The topological polar surface area (TPSA) is 20.2 Å². The third-order valence-corrected chi connectivity index (χ3v) is 3.25. The lowest BCUT2D eigenvalue weighted by atomic mass is 9.94. The number of hydrogen-bond donors (Lipinski definition) is 1. The average molecular weight is 271 g/mol. The van der Waals surface area contributed by atoms with Gasteiger partial charge >= 0.3 is 0 Å². The molecule has 0 bridgehead atoms. The second-order valence-corrected chi connectivity index (χ2v) is 4.84. The normalized spacial score (nSPS) is 12.7. The standard InChI is InChI=1S/C13H19BrO/c1-2-3-4-5-12(10-15)11-6-8-13(14)9-7-11/h6-9,12,15H,2-5,10H2,1H3. The molecule has 1 rings (SSSR count). The van der Waals surface area contributed by atoms with Gasteiger partial charge in [0.15, 0.2) is 0 Å². The first-order valence-corrected chi connectivity index (χ1v) is 6.43. The minimum absolute atomic E-state index is 0.255. The highest BCUT2D eigenvalue weighted by atomic mass is 79.9. The van der Waals surface area contributed by atoms with Gasteiger partial charge in [-0.2, -0.15) is 0 Å². The van der Waals surface area contributed by atoms with Crippen LogP contribution in [-0.2, 0) is 0 Å². The first-order chi connectivity index (χ1) is 7.27. The zero-order valence-electron chi connectivity index (χ0n) is 9.25. The molecule has 0 aliphatic rings. The van der Waals surface area contributed by atoms with E-state index in [-0.39, 0.29) is 6.61 Å². The van der Waals surface area contributed by atoms with E-state index >= 15 is 0 Å². The molecule has 0 fully saturated rings. The maximum atomic E-state index is 9.34. The van der Waals surface area contributed by atoms with Crippen molar-refractivity contribution in [3.05, 3.63) is 34.3 Å². The van der Waals surface area contributed by atoms with Gasteiger partial charge in [0.25, 0.3) is 0 Å². The molecule has 0 spiro atoms. The van der Waals surface area contributed by atoms with Gasteiger partial charge in [0.05, 0.1) is 0 Å². The van der Waals surface area contributed by atoms with Crippen LogP contribution in [-0.4, -0.2) is 11.7 Å². The SMILES string of the molecule is CCCCCC(CO)c1ccc(Br)cc1. The van der Waals surface area contributed by atoms with Gasteiger partial charge < -0.3 is 5.11 Å². The molecule has 84 valence electrons. The number of rotatable bonds is 6. The third kappa shape index (κ3) is 4.35. The Morgan fingerprint density at radius 1 is 1.20 bits per heavy atom. The van der Waals surface area contributed by atoms with Gasteiger partial charge in [0, 0.05) is 17.0 Å². The van der Waals surface area contributed by atoms with Crippen molar-refractivity contribution in [2.75, 3.05) is 6.61 Å². The van der Waals surface area contributed by atoms with Crippen LogP contribution in [0.4, 0.5) is 0 Å². The fourth-order valence-electron chi connectivity index (χ4n) is 1.74. The van der Waals surface area contributed by atoms with Gasteiger partial charge in [0.2, 0.25) is 0 Å². The maximum Gasteiger partial charge on any atom is 0.0499 e. The molecule has 1 aromatic carbocycles. The van der Waals surface area contributed by atoms with Crippen LogP contribution in [0.25, 0.3) is 0 Å². The zero-order chi connectivity index (χ0) is 11.1. The highest BCUT2D eigenvalue weighted by Gasteiger charge is 2.09.